The van der Waals surface area contributed by atoms with Crippen molar-refractivity contribution in [2.24, 2.45) is 0 Å². The third kappa shape index (κ3) is 2.05. The van der Waals surface area contributed by atoms with Crippen LogP contribution in [0.5, 0.6) is 0 Å². The second-order valence-electron chi connectivity index (χ2n) is 3.90. The van der Waals surface area contributed by atoms with Crippen LogP contribution >= 0.6 is 22.9 Å². The Kier molecular flexibility index (Phi) is 2.89. The standard InChI is InChI=1S/C13H9ClN2OS/c14-13-15-7-9(18-13)8-16-6-5-12(17)10-3-1-2-4-11(10)16/h1-7H,8H2. The number of pyridine rings is 1. The highest BCUT2D eigenvalue weighted by Gasteiger charge is 2.04. The SMILES string of the molecule is O=c1ccn(Cc2cnc(Cl)s2)c2ccccc12. The molecule has 0 saturated heterocycles. The number of thiazole rings is 1. The maximum Gasteiger partial charge on any atom is 0.189 e. The molecule has 0 aliphatic carbocycles. The van der Waals surface area contributed by atoms with E-state index in [1.807, 2.05) is 28.8 Å². The molecule has 0 unspecified atom stereocenters. The minimum atomic E-state index is 0.0455. The molecule has 0 N–H and O–H groups in total. The number of fused-ring (bicyclic) bond motifs is 1. The summed E-state index contributed by atoms with van der Waals surface area (Å²) in [5.74, 6) is 0. The fourth-order valence-electron chi connectivity index (χ4n) is 1.92. The summed E-state index contributed by atoms with van der Waals surface area (Å²) in [7, 11) is 0. The van der Waals surface area contributed by atoms with Gasteiger partial charge in [-0.05, 0) is 12.1 Å². The van der Waals surface area contributed by atoms with Crippen LogP contribution in [-0.2, 0) is 6.54 Å². The van der Waals surface area contributed by atoms with E-state index in [1.165, 1.54) is 11.3 Å². The lowest BCUT2D eigenvalue weighted by Gasteiger charge is -2.08. The average Bonchev–Trinajstić information content (AvgIpc) is 2.79. The molecule has 0 radical (unpaired) electrons. The summed E-state index contributed by atoms with van der Waals surface area (Å²) in [5, 5.41) is 0.732. The van der Waals surface area contributed by atoms with Crippen LogP contribution in [0.25, 0.3) is 10.9 Å². The van der Waals surface area contributed by atoms with Crippen LogP contribution in [0.2, 0.25) is 4.47 Å². The van der Waals surface area contributed by atoms with Gasteiger partial charge in [0.1, 0.15) is 0 Å². The zero-order chi connectivity index (χ0) is 12.5. The molecule has 2 aromatic heterocycles. The summed E-state index contributed by atoms with van der Waals surface area (Å²) in [4.78, 5) is 16.8. The van der Waals surface area contributed by atoms with Crippen molar-refractivity contribution in [3.05, 3.63) is 62.3 Å². The van der Waals surface area contributed by atoms with Crippen LogP contribution < -0.4 is 5.43 Å². The summed E-state index contributed by atoms with van der Waals surface area (Å²) in [6, 6.07) is 9.17. The predicted molar refractivity (Wildman–Crippen MR) is 74.4 cm³/mol. The Morgan fingerprint density at radius 2 is 2.11 bits per heavy atom. The van der Waals surface area contributed by atoms with E-state index in [2.05, 4.69) is 4.98 Å². The van der Waals surface area contributed by atoms with Crippen LogP contribution in [0.15, 0.2) is 47.5 Å². The van der Waals surface area contributed by atoms with Crippen LogP contribution in [0.4, 0.5) is 0 Å². The first-order valence-electron chi connectivity index (χ1n) is 5.42. The van der Waals surface area contributed by atoms with Crippen LogP contribution in [0.1, 0.15) is 4.88 Å². The molecule has 3 nitrogen and oxygen atoms in total. The van der Waals surface area contributed by atoms with Gasteiger partial charge in [-0.15, -0.1) is 11.3 Å². The minimum absolute atomic E-state index is 0.0455. The molecule has 5 heteroatoms. The summed E-state index contributed by atoms with van der Waals surface area (Å²) in [5.41, 5.74) is 0.971. The van der Waals surface area contributed by atoms with Gasteiger partial charge in [0.15, 0.2) is 9.90 Å². The molecule has 0 fully saturated rings. The lowest BCUT2D eigenvalue weighted by molar-refractivity contribution is 0.837. The molecule has 3 rings (SSSR count). The second-order valence-corrected chi connectivity index (χ2v) is 5.60. The Morgan fingerprint density at radius 3 is 2.89 bits per heavy atom. The van der Waals surface area contributed by atoms with Crippen molar-refractivity contribution in [3.8, 4) is 0 Å². The van der Waals surface area contributed by atoms with Gasteiger partial charge >= 0.3 is 0 Å². The van der Waals surface area contributed by atoms with Gasteiger partial charge in [-0.2, -0.15) is 0 Å². The van der Waals surface area contributed by atoms with Gasteiger partial charge in [-0.3, -0.25) is 4.79 Å². The molecule has 0 atom stereocenters. The molecule has 0 aliphatic heterocycles. The molecule has 0 amide bonds. The maximum atomic E-state index is 11.7. The molecule has 18 heavy (non-hydrogen) atoms. The van der Waals surface area contributed by atoms with Crippen LogP contribution in [0, 0.1) is 0 Å². The molecule has 3 aromatic rings. The molecule has 0 aliphatic rings. The van der Waals surface area contributed by atoms with Gasteiger partial charge in [0.05, 0.1) is 12.1 Å². The highest BCUT2D eigenvalue weighted by atomic mass is 35.5. The first-order valence-corrected chi connectivity index (χ1v) is 6.62. The number of halogens is 1. The monoisotopic (exact) mass is 276 g/mol. The molecule has 0 saturated carbocycles. The zero-order valence-electron chi connectivity index (χ0n) is 9.34. The smallest absolute Gasteiger partial charge is 0.189 e. The van der Waals surface area contributed by atoms with Gasteiger partial charge in [-0.25, -0.2) is 4.98 Å². The first kappa shape index (κ1) is 11.4. The van der Waals surface area contributed by atoms with Crippen molar-refractivity contribution in [2.45, 2.75) is 6.54 Å². The van der Waals surface area contributed by atoms with E-state index in [-0.39, 0.29) is 5.43 Å². The number of benzene rings is 1. The van der Waals surface area contributed by atoms with Crippen molar-refractivity contribution >= 4 is 33.8 Å². The van der Waals surface area contributed by atoms with E-state index in [0.717, 1.165) is 15.8 Å². The predicted octanol–water partition coefficient (Wildman–Crippen LogP) is 3.16. The van der Waals surface area contributed by atoms with Gasteiger partial charge in [0, 0.05) is 28.7 Å². The highest BCUT2D eigenvalue weighted by molar-refractivity contribution is 7.15. The number of hydrogen-bond acceptors (Lipinski definition) is 3. The Labute approximate surface area is 112 Å². The maximum absolute atomic E-state index is 11.7. The summed E-state index contributed by atoms with van der Waals surface area (Å²) >= 11 is 7.27. The quantitative estimate of drug-likeness (QED) is 0.721. The van der Waals surface area contributed by atoms with Gasteiger partial charge < -0.3 is 4.57 Å². The van der Waals surface area contributed by atoms with Crippen molar-refractivity contribution in [1.29, 1.82) is 0 Å². The van der Waals surface area contributed by atoms with Gasteiger partial charge in [-0.1, -0.05) is 23.7 Å². The summed E-state index contributed by atoms with van der Waals surface area (Å²) < 4.78 is 2.57. The Bertz CT molecular complexity index is 763. The van der Waals surface area contributed by atoms with E-state index < -0.39 is 0 Å². The molecule has 90 valence electrons. The number of hydrogen-bond donors (Lipinski definition) is 0. The van der Waals surface area contributed by atoms with Gasteiger partial charge in [0.2, 0.25) is 0 Å². The van der Waals surface area contributed by atoms with Crippen molar-refractivity contribution in [2.75, 3.05) is 0 Å². The van der Waals surface area contributed by atoms with E-state index in [9.17, 15) is 4.79 Å². The Hall–Kier alpha value is -1.65. The molecule has 1 aromatic carbocycles. The minimum Gasteiger partial charge on any atom is -0.342 e. The molecule has 0 bridgehead atoms. The molecule has 2 heterocycles. The Balaban J connectivity index is 2.12. The van der Waals surface area contributed by atoms with E-state index >= 15 is 0 Å². The Morgan fingerprint density at radius 1 is 1.28 bits per heavy atom. The van der Waals surface area contributed by atoms with Crippen LogP contribution in [0.3, 0.4) is 0 Å². The first-order chi connectivity index (χ1) is 8.74. The fourth-order valence-corrected chi connectivity index (χ4v) is 2.90. The van der Waals surface area contributed by atoms with Crippen molar-refractivity contribution in [1.82, 2.24) is 9.55 Å². The third-order valence-electron chi connectivity index (χ3n) is 2.74. The van der Waals surface area contributed by atoms with Gasteiger partial charge in [0.25, 0.3) is 0 Å². The molecular weight excluding hydrogens is 268 g/mol. The van der Waals surface area contributed by atoms with E-state index in [0.29, 0.717) is 11.0 Å². The van der Waals surface area contributed by atoms with E-state index in [4.69, 9.17) is 11.6 Å². The zero-order valence-corrected chi connectivity index (χ0v) is 10.9. The van der Waals surface area contributed by atoms with Crippen LogP contribution in [-0.4, -0.2) is 9.55 Å². The lowest BCUT2D eigenvalue weighted by atomic mass is 10.2. The van der Waals surface area contributed by atoms with Crippen molar-refractivity contribution < 1.29 is 0 Å². The second kappa shape index (κ2) is 4.55. The normalized spacial score (nSPS) is 10.9. The largest absolute Gasteiger partial charge is 0.342 e. The number of aromatic nitrogens is 2. The number of nitrogens with zero attached hydrogens (tertiary/aromatic N) is 2. The highest BCUT2D eigenvalue weighted by Crippen LogP contribution is 2.20. The van der Waals surface area contributed by atoms with Crippen molar-refractivity contribution in [3.63, 3.8) is 0 Å². The number of rotatable bonds is 2. The fraction of sp³-hybridized carbons (Fsp3) is 0.0769. The average molecular weight is 277 g/mol. The summed E-state index contributed by atoms with van der Waals surface area (Å²) in [6.07, 6.45) is 3.57. The lowest BCUT2D eigenvalue weighted by Crippen LogP contribution is -2.07. The van der Waals surface area contributed by atoms with E-state index in [1.54, 1.807) is 18.5 Å². The third-order valence-corrected chi connectivity index (χ3v) is 3.84. The molecule has 0 spiro atoms. The number of para-hydroxylation sites is 1. The molecular formula is C13H9ClN2OS. The summed E-state index contributed by atoms with van der Waals surface area (Å²) in [6.45, 7) is 0.672. The topological polar surface area (TPSA) is 34.9 Å².